The van der Waals surface area contributed by atoms with Crippen LogP contribution >= 0.6 is 0 Å². The third-order valence-electron chi connectivity index (χ3n) is 7.82. The number of allylic oxidation sites excluding steroid dienone is 1. The lowest BCUT2D eigenvalue weighted by molar-refractivity contribution is -0.111. The molecule has 1 amide bonds. The van der Waals surface area contributed by atoms with E-state index >= 15 is 0 Å². The lowest BCUT2D eigenvalue weighted by Gasteiger charge is -2.34. The zero-order valence-corrected chi connectivity index (χ0v) is 25.5. The third-order valence-corrected chi connectivity index (χ3v) is 7.82. The molecule has 3 heterocycles. The van der Waals surface area contributed by atoms with Crippen molar-refractivity contribution in [2.75, 3.05) is 55.9 Å². The van der Waals surface area contributed by atoms with E-state index in [1.54, 1.807) is 49.1 Å². The van der Waals surface area contributed by atoms with Crippen molar-refractivity contribution in [3.63, 3.8) is 0 Å². The maximum atomic E-state index is 14.2. The Morgan fingerprint density at radius 1 is 0.933 bits per heavy atom. The van der Waals surface area contributed by atoms with Crippen LogP contribution in [0.25, 0.3) is 27.8 Å². The molecule has 2 N–H and O–H groups in total. The first-order chi connectivity index (χ1) is 21.9. The van der Waals surface area contributed by atoms with E-state index in [0.29, 0.717) is 45.4 Å². The van der Waals surface area contributed by atoms with Gasteiger partial charge < -0.3 is 25.2 Å². The largest absolute Gasteiger partial charge is 0.494 e. The van der Waals surface area contributed by atoms with Crippen LogP contribution in [0, 0.1) is 0 Å². The van der Waals surface area contributed by atoms with Crippen LogP contribution in [0.4, 0.5) is 23.0 Å². The molecule has 0 atom stereocenters. The summed E-state index contributed by atoms with van der Waals surface area (Å²) in [4.78, 5) is 40.5. The highest BCUT2D eigenvalue weighted by molar-refractivity contribution is 5.99. The molecule has 3 aromatic carbocycles. The van der Waals surface area contributed by atoms with Gasteiger partial charge in [0.15, 0.2) is 5.65 Å². The van der Waals surface area contributed by atoms with Gasteiger partial charge in [-0.1, -0.05) is 42.5 Å². The standard InChI is InChI=1S/C35H35N7O3/c1-4-9-32(43)37-26-12-8-13-28(21-26)42-33-25(20-29(34(42)44)24-10-6-5-7-11-24)23-36-35(39-33)38-30-15-14-27(22-31(30)45-3)41-18-16-40(2)17-19-41/h4-15,20-23H,16-19H2,1-3H3,(H,37,43)(H,36,38,39)/b9-4+. The number of benzene rings is 3. The Hall–Kier alpha value is -5.48. The van der Waals surface area contributed by atoms with Crippen molar-refractivity contribution < 1.29 is 9.53 Å². The number of methoxy groups -OCH3 is 1. The second kappa shape index (κ2) is 13.0. The summed E-state index contributed by atoms with van der Waals surface area (Å²) in [6, 6.07) is 24.5. The molecule has 10 heteroatoms. The Morgan fingerprint density at radius 2 is 1.73 bits per heavy atom. The first-order valence-corrected chi connectivity index (χ1v) is 14.8. The van der Waals surface area contributed by atoms with Crippen LogP contribution < -0.4 is 25.8 Å². The van der Waals surface area contributed by atoms with Crippen LogP contribution in [0.1, 0.15) is 6.92 Å². The van der Waals surface area contributed by atoms with Gasteiger partial charge >= 0.3 is 0 Å². The molecule has 0 unspecified atom stereocenters. The molecule has 1 aliphatic heterocycles. The third kappa shape index (κ3) is 6.41. The SMILES string of the molecule is C/C=C/C(=O)Nc1cccc(-n2c(=O)c(-c3ccccc3)cc3cnc(Nc4ccc(N5CCN(C)CC5)cc4OC)nc32)c1. The highest BCUT2D eigenvalue weighted by atomic mass is 16.5. The van der Waals surface area contributed by atoms with Gasteiger partial charge in [-0.15, -0.1) is 0 Å². The van der Waals surface area contributed by atoms with Crippen LogP contribution in [-0.4, -0.2) is 65.7 Å². The summed E-state index contributed by atoms with van der Waals surface area (Å²) in [6.45, 7) is 5.68. The summed E-state index contributed by atoms with van der Waals surface area (Å²) in [5.74, 6) is 0.717. The van der Waals surface area contributed by atoms with Crippen LogP contribution in [0.5, 0.6) is 5.75 Å². The normalized spacial score (nSPS) is 13.7. The van der Waals surface area contributed by atoms with E-state index in [2.05, 4.69) is 38.5 Å². The van der Waals surface area contributed by atoms with Crippen LogP contribution in [0.2, 0.25) is 0 Å². The van der Waals surface area contributed by atoms with Gasteiger partial charge in [0.1, 0.15) is 5.75 Å². The number of hydrogen-bond donors (Lipinski definition) is 2. The van der Waals surface area contributed by atoms with Crippen molar-refractivity contribution >= 4 is 40.0 Å². The maximum absolute atomic E-state index is 14.2. The molecule has 1 saturated heterocycles. The second-order valence-electron chi connectivity index (χ2n) is 10.9. The second-order valence-corrected chi connectivity index (χ2v) is 10.9. The highest BCUT2D eigenvalue weighted by Gasteiger charge is 2.18. The average Bonchev–Trinajstić information content (AvgIpc) is 3.05. The van der Waals surface area contributed by atoms with Crippen LogP contribution in [-0.2, 0) is 4.79 Å². The Kier molecular flexibility index (Phi) is 8.56. The molecular weight excluding hydrogens is 566 g/mol. The van der Waals surface area contributed by atoms with E-state index in [-0.39, 0.29) is 11.5 Å². The number of aromatic nitrogens is 3. The summed E-state index contributed by atoms with van der Waals surface area (Å²) >= 11 is 0. The van der Waals surface area contributed by atoms with Gasteiger partial charge in [-0.25, -0.2) is 4.98 Å². The van der Waals surface area contributed by atoms with Crippen LogP contribution in [0.3, 0.4) is 0 Å². The summed E-state index contributed by atoms with van der Waals surface area (Å²) in [7, 11) is 3.77. The van der Waals surface area contributed by atoms with E-state index in [1.165, 1.54) is 6.08 Å². The van der Waals surface area contributed by atoms with Gasteiger partial charge in [0.25, 0.3) is 5.56 Å². The van der Waals surface area contributed by atoms with Gasteiger partial charge in [0.2, 0.25) is 11.9 Å². The van der Waals surface area contributed by atoms with Crippen molar-refractivity contribution in [2.24, 2.45) is 0 Å². The molecule has 0 radical (unpaired) electrons. The average molecular weight is 602 g/mol. The van der Waals surface area contributed by atoms with Gasteiger partial charge in [-0.3, -0.25) is 14.2 Å². The summed E-state index contributed by atoms with van der Waals surface area (Å²) in [5, 5.41) is 6.82. The topological polar surface area (TPSA) is 105 Å². The van der Waals surface area contributed by atoms with Gasteiger partial charge in [-0.05, 0) is 62.0 Å². The quantitative estimate of drug-likeness (QED) is 0.226. The number of piperazine rings is 1. The van der Waals surface area contributed by atoms with Gasteiger partial charge in [-0.2, -0.15) is 4.98 Å². The van der Waals surface area contributed by atoms with E-state index in [9.17, 15) is 9.59 Å². The Morgan fingerprint density at radius 3 is 2.49 bits per heavy atom. The van der Waals surface area contributed by atoms with E-state index in [1.807, 2.05) is 54.6 Å². The molecule has 0 aliphatic carbocycles. The lowest BCUT2D eigenvalue weighted by Crippen LogP contribution is -2.44. The molecule has 0 saturated carbocycles. The van der Waals surface area contributed by atoms with Crippen molar-refractivity contribution in [1.29, 1.82) is 0 Å². The number of rotatable bonds is 8. The van der Waals surface area contributed by atoms with Gasteiger partial charge in [0.05, 0.1) is 18.5 Å². The number of likely N-dealkylation sites (N-methyl/N-ethyl adjacent to an activating group) is 1. The number of anilines is 4. The molecule has 1 fully saturated rings. The fourth-order valence-electron chi connectivity index (χ4n) is 5.44. The number of carbonyl (C=O) groups is 1. The zero-order chi connectivity index (χ0) is 31.3. The molecule has 0 bridgehead atoms. The Labute approximate surface area is 261 Å². The van der Waals surface area contributed by atoms with Crippen molar-refractivity contribution in [3.05, 3.63) is 108 Å². The van der Waals surface area contributed by atoms with Crippen molar-refractivity contribution in [1.82, 2.24) is 19.4 Å². The van der Waals surface area contributed by atoms with Crippen LogP contribution in [0.15, 0.2) is 102 Å². The number of amides is 1. The minimum atomic E-state index is -0.258. The molecule has 1 aliphatic rings. The van der Waals surface area contributed by atoms with Crippen molar-refractivity contribution in [2.45, 2.75) is 6.92 Å². The number of nitrogens with zero attached hydrogens (tertiary/aromatic N) is 5. The molecule has 45 heavy (non-hydrogen) atoms. The Bertz CT molecular complexity index is 1930. The minimum absolute atomic E-state index is 0.246. The molecule has 2 aromatic heterocycles. The fourth-order valence-corrected chi connectivity index (χ4v) is 5.44. The summed E-state index contributed by atoms with van der Waals surface area (Å²) in [6.07, 6.45) is 4.82. The number of ether oxygens (including phenoxy) is 1. The molecule has 228 valence electrons. The monoisotopic (exact) mass is 601 g/mol. The molecule has 0 spiro atoms. The first-order valence-electron chi connectivity index (χ1n) is 14.8. The Balaban J connectivity index is 1.42. The predicted molar refractivity (Wildman–Crippen MR) is 180 cm³/mol. The summed E-state index contributed by atoms with van der Waals surface area (Å²) in [5.41, 5.74) is 4.37. The lowest BCUT2D eigenvalue weighted by atomic mass is 10.1. The maximum Gasteiger partial charge on any atom is 0.264 e. The van der Waals surface area contributed by atoms with Gasteiger partial charge in [0, 0.05) is 60.8 Å². The molecular formula is C35H35N7O3. The number of nitrogens with one attached hydrogen (secondary N) is 2. The fraction of sp³-hybridized carbons (Fsp3) is 0.200. The van der Waals surface area contributed by atoms with E-state index < -0.39 is 0 Å². The predicted octanol–water partition coefficient (Wildman–Crippen LogP) is 5.47. The van der Waals surface area contributed by atoms with E-state index in [4.69, 9.17) is 9.72 Å². The molecule has 5 aromatic rings. The molecule has 6 rings (SSSR count). The zero-order valence-electron chi connectivity index (χ0n) is 25.5. The first kappa shape index (κ1) is 29.6. The number of pyridine rings is 1. The smallest absolute Gasteiger partial charge is 0.264 e. The summed E-state index contributed by atoms with van der Waals surface area (Å²) < 4.78 is 7.31. The molecule has 10 nitrogen and oxygen atoms in total. The van der Waals surface area contributed by atoms with Crippen molar-refractivity contribution in [3.8, 4) is 22.6 Å². The number of fused-ring (bicyclic) bond motifs is 1. The highest BCUT2D eigenvalue weighted by Crippen LogP contribution is 2.32. The number of carbonyl (C=O) groups excluding carboxylic acids is 1. The minimum Gasteiger partial charge on any atom is -0.494 e. The number of hydrogen-bond acceptors (Lipinski definition) is 8. The van der Waals surface area contributed by atoms with E-state index in [0.717, 1.165) is 37.4 Å².